The fourth-order valence-corrected chi connectivity index (χ4v) is 0.732. The van der Waals surface area contributed by atoms with E-state index in [-0.39, 0.29) is 5.92 Å². The van der Waals surface area contributed by atoms with Gasteiger partial charge in [-0.1, -0.05) is 32.3 Å². The summed E-state index contributed by atoms with van der Waals surface area (Å²) in [5.74, 6) is -0.0310. The molecule has 0 aliphatic heterocycles. The van der Waals surface area contributed by atoms with Gasteiger partial charge in [-0.25, -0.2) is 0 Å². The van der Waals surface area contributed by atoms with Crippen molar-refractivity contribution in [2.75, 3.05) is 0 Å². The second kappa shape index (κ2) is 5.87. The zero-order valence-electron chi connectivity index (χ0n) is 6.19. The summed E-state index contributed by atoms with van der Waals surface area (Å²) in [7, 11) is 0. The Bertz CT molecular complexity index is 64.4. The van der Waals surface area contributed by atoms with Gasteiger partial charge in [-0.3, -0.25) is 0 Å². The van der Waals surface area contributed by atoms with Crippen molar-refractivity contribution >= 4 is 0 Å². The second-order valence-electron chi connectivity index (χ2n) is 2.34. The molecule has 3 radical (unpaired) electrons. The summed E-state index contributed by atoms with van der Waals surface area (Å²) >= 11 is 0. The van der Waals surface area contributed by atoms with E-state index in [1.54, 1.807) is 6.08 Å². The molecule has 0 aromatic rings. The summed E-state index contributed by atoms with van der Waals surface area (Å²) in [5.41, 5.74) is 0. The Morgan fingerprint density at radius 2 is 2.22 bits per heavy atom. The minimum Gasteiger partial charge on any atom is -0.103 e. The molecule has 0 fully saturated rings. The summed E-state index contributed by atoms with van der Waals surface area (Å²) in [6.07, 6.45) is 6.36. The topological polar surface area (TPSA) is 0 Å². The van der Waals surface area contributed by atoms with Crippen LogP contribution in [0, 0.1) is 12.8 Å². The molecule has 0 aliphatic carbocycles. The first-order valence-electron chi connectivity index (χ1n) is 3.65. The van der Waals surface area contributed by atoms with Gasteiger partial charge in [-0.05, 0) is 19.3 Å². The van der Waals surface area contributed by atoms with Gasteiger partial charge in [-0.15, -0.1) is 6.58 Å². The lowest BCUT2D eigenvalue weighted by Crippen LogP contribution is -1.87. The molecule has 1 unspecified atom stereocenters. The Morgan fingerprint density at radius 3 is 2.67 bits per heavy atom. The van der Waals surface area contributed by atoms with E-state index in [1.807, 2.05) is 0 Å². The van der Waals surface area contributed by atoms with Crippen molar-refractivity contribution in [1.29, 1.82) is 0 Å². The summed E-state index contributed by atoms with van der Waals surface area (Å²) in [6.45, 7) is 13.0. The Morgan fingerprint density at radius 1 is 1.56 bits per heavy atom. The van der Waals surface area contributed by atoms with Crippen LogP contribution in [0.1, 0.15) is 32.6 Å². The fourth-order valence-electron chi connectivity index (χ4n) is 0.732. The molecule has 0 aromatic carbocycles. The van der Waals surface area contributed by atoms with Crippen LogP contribution in [0.4, 0.5) is 0 Å². The zero-order chi connectivity index (χ0) is 7.11. The van der Waals surface area contributed by atoms with E-state index in [9.17, 15) is 0 Å². The van der Waals surface area contributed by atoms with E-state index in [1.165, 1.54) is 19.3 Å². The number of hydrogen-bond acceptors (Lipinski definition) is 0. The number of rotatable bonds is 5. The van der Waals surface area contributed by atoms with Gasteiger partial charge in [0.15, 0.2) is 0 Å². The molecule has 0 aromatic heterocycles. The summed E-state index contributed by atoms with van der Waals surface area (Å²) < 4.78 is 0. The van der Waals surface area contributed by atoms with Crippen LogP contribution in [0.25, 0.3) is 0 Å². The third-order valence-corrected chi connectivity index (χ3v) is 1.40. The quantitative estimate of drug-likeness (QED) is 0.389. The van der Waals surface area contributed by atoms with Gasteiger partial charge in [0, 0.05) is 0 Å². The van der Waals surface area contributed by atoms with E-state index < -0.39 is 0 Å². The van der Waals surface area contributed by atoms with Crippen LogP contribution < -0.4 is 0 Å². The molecule has 0 nitrogen and oxygen atoms in total. The third-order valence-electron chi connectivity index (χ3n) is 1.40. The van der Waals surface area contributed by atoms with Crippen LogP contribution in [-0.2, 0) is 0 Å². The summed E-state index contributed by atoms with van der Waals surface area (Å²) in [4.78, 5) is 0. The maximum atomic E-state index is 7.28. The Hall–Kier alpha value is -0.260. The van der Waals surface area contributed by atoms with Crippen LogP contribution in [0.2, 0.25) is 0 Å². The molecule has 0 N–H and O–H groups in total. The largest absolute Gasteiger partial charge is 0.103 e. The van der Waals surface area contributed by atoms with E-state index in [2.05, 4.69) is 13.5 Å². The first kappa shape index (κ1) is 8.74. The molecule has 0 amide bonds. The van der Waals surface area contributed by atoms with E-state index in [4.69, 9.17) is 6.92 Å². The smallest absolute Gasteiger partial charge is 0.00127 e. The molecule has 0 rings (SSSR count). The van der Waals surface area contributed by atoms with Crippen molar-refractivity contribution in [2.45, 2.75) is 32.6 Å². The molecule has 9 heavy (non-hydrogen) atoms. The van der Waals surface area contributed by atoms with Crippen molar-refractivity contribution < 1.29 is 0 Å². The fraction of sp³-hybridized carbons (Fsp3) is 0.667. The van der Waals surface area contributed by atoms with Gasteiger partial charge in [0.2, 0.25) is 0 Å². The number of allylic oxidation sites excluding steroid dienone is 1. The standard InChI is InChI=1S/C9H15/c1-4-6-7-8-9(3)5-2/h5,9H,2,4,6-8H2,1H3. The predicted molar refractivity (Wildman–Crippen MR) is 41.1 cm³/mol. The van der Waals surface area contributed by atoms with Gasteiger partial charge >= 0.3 is 0 Å². The first-order valence-corrected chi connectivity index (χ1v) is 3.65. The van der Waals surface area contributed by atoms with E-state index in [0.29, 0.717) is 0 Å². The summed E-state index contributed by atoms with van der Waals surface area (Å²) in [5, 5.41) is 0. The minimum absolute atomic E-state index is 0.0310. The Labute approximate surface area is 59.0 Å². The molecule has 0 heteroatoms. The molecular weight excluding hydrogens is 108 g/mol. The van der Waals surface area contributed by atoms with Crippen LogP contribution >= 0.6 is 0 Å². The van der Waals surface area contributed by atoms with Crippen LogP contribution in [0.5, 0.6) is 0 Å². The van der Waals surface area contributed by atoms with Crippen molar-refractivity contribution in [3.8, 4) is 0 Å². The molecule has 51 valence electrons. The predicted octanol–water partition coefficient (Wildman–Crippen LogP) is 2.96. The average Bonchev–Trinajstić information content (AvgIpc) is 1.89. The first-order chi connectivity index (χ1) is 4.31. The van der Waals surface area contributed by atoms with E-state index in [0.717, 1.165) is 6.42 Å². The highest BCUT2D eigenvalue weighted by atomic mass is 14.0. The van der Waals surface area contributed by atoms with Crippen molar-refractivity contribution in [3.05, 3.63) is 19.6 Å². The SMILES string of the molecule is [C]C(C=C)CCCCC. The third kappa shape index (κ3) is 5.61. The highest BCUT2D eigenvalue weighted by Gasteiger charge is 1.93. The van der Waals surface area contributed by atoms with Crippen molar-refractivity contribution in [2.24, 2.45) is 5.92 Å². The maximum absolute atomic E-state index is 7.28. The van der Waals surface area contributed by atoms with Gasteiger partial charge in [-0.2, -0.15) is 0 Å². The highest BCUT2D eigenvalue weighted by molar-refractivity contribution is 4.79. The van der Waals surface area contributed by atoms with Gasteiger partial charge in [0.05, 0.1) is 0 Å². The minimum atomic E-state index is -0.0310. The Kier molecular flexibility index (Phi) is 5.70. The second-order valence-corrected chi connectivity index (χ2v) is 2.34. The molecular formula is C9H15. The lowest BCUT2D eigenvalue weighted by Gasteiger charge is -2.01. The zero-order valence-corrected chi connectivity index (χ0v) is 6.19. The number of hydrogen-bond donors (Lipinski definition) is 0. The normalized spacial score (nSPS) is 13.1. The molecule has 0 heterocycles. The molecule has 0 spiro atoms. The molecule has 0 aliphatic rings. The van der Waals surface area contributed by atoms with Crippen LogP contribution in [0.15, 0.2) is 12.7 Å². The van der Waals surface area contributed by atoms with Crippen molar-refractivity contribution in [3.63, 3.8) is 0 Å². The summed E-state index contributed by atoms with van der Waals surface area (Å²) in [6, 6.07) is 0. The lowest BCUT2D eigenvalue weighted by molar-refractivity contribution is 0.610. The Balaban J connectivity index is 2.96. The van der Waals surface area contributed by atoms with E-state index >= 15 is 0 Å². The lowest BCUT2D eigenvalue weighted by atomic mass is 10.0. The molecule has 0 bridgehead atoms. The average molecular weight is 123 g/mol. The highest BCUT2D eigenvalue weighted by Crippen LogP contribution is 2.08. The van der Waals surface area contributed by atoms with Crippen molar-refractivity contribution in [1.82, 2.24) is 0 Å². The molecule has 0 saturated carbocycles. The maximum Gasteiger partial charge on any atom is -0.00127 e. The molecule has 0 saturated heterocycles. The van der Waals surface area contributed by atoms with Gasteiger partial charge in [0.1, 0.15) is 0 Å². The number of unbranched alkanes of at least 4 members (excludes halogenated alkanes) is 2. The monoisotopic (exact) mass is 123 g/mol. The van der Waals surface area contributed by atoms with Gasteiger partial charge < -0.3 is 0 Å². The van der Waals surface area contributed by atoms with Crippen LogP contribution in [-0.4, -0.2) is 0 Å². The van der Waals surface area contributed by atoms with Gasteiger partial charge in [0.25, 0.3) is 0 Å². The van der Waals surface area contributed by atoms with Crippen LogP contribution in [0.3, 0.4) is 0 Å². The molecule has 1 atom stereocenters.